The van der Waals surface area contributed by atoms with Gasteiger partial charge in [-0.3, -0.25) is 9.69 Å². The molecule has 1 atom stereocenters. The van der Waals surface area contributed by atoms with Crippen LogP contribution in [-0.4, -0.2) is 57.2 Å². The van der Waals surface area contributed by atoms with E-state index in [0.717, 1.165) is 57.1 Å². The molecule has 3 heterocycles. The zero-order chi connectivity index (χ0) is 14.3. The summed E-state index contributed by atoms with van der Waals surface area (Å²) in [5, 5.41) is 8.32. The summed E-state index contributed by atoms with van der Waals surface area (Å²) < 4.78 is 2.03. The van der Waals surface area contributed by atoms with E-state index in [1.54, 1.807) is 0 Å². The Morgan fingerprint density at radius 3 is 2.70 bits per heavy atom. The molecule has 0 bridgehead atoms. The first-order chi connectivity index (χ1) is 9.52. The Bertz CT molecular complexity index is 526. The largest absolute Gasteiger partial charge is 0.345 e. The third-order valence-electron chi connectivity index (χ3n) is 4.93. The van der Waals surface area contributed by atoms with Crippen molar-refractivity contribution in [3.63, 3.8) is 0 Å². The zero-order valence-corrected chi connectivity index (χ0v) is 12.6. The van der Waals surface area contributed by atoms with Gasteiger partial charge in [0.1, 0.15) is 11.6 Å². The third-order valence-corrected chi connectivity index (χ3v) is 4.93. The maximum atomic E-state index is 12.5. The molecule has 110 valence electrons. The topological polar surface area (TPSA) is 54.3 Å². The van der Waals surface area contributed by atoms with Crippen LogP contribution in [0, 0.1) is 12.3 Å². The van der Waals surface area contributed by atoms with E-state index in [9.17, 15) is 4.79 Å². The molecular formula is C14H23N5O. The summed E-state index contributed by atoms with van der Waals surface area (Å²) in [6.07, 6.45) is 3.14. The third kappa shape index (κ3) is 2.12. The van der Waals surface area contributed by atoms with Crippen molar-refractivity contribution in [3.05, 3.63) is 11.6 Å². The maximum Gasteiger partial charge on any atom is 0.229 e. The lowest BCUT2D eigenvalue weighted by atomic mass is 9.78. The second-order valence-corrected chi connectivity index (χ2v) is 6.29. The van der Waals surface area contributed by atoms with Gasteiger partial charge in [0.2, 0.25) is 5.91 Å². The number of amides is 1. The highest BCUT2D eigenvalue weighted by Crippen LogP contribution is 2.39. The van der Waals surface area contributed by atoms with E-state index in [4.69, 9.17) is 0 Å². The van der Waals surface area contributed by atoms with Crippen molar-refractivity contribution in [1.82, 2.24) is 24.6 Å². The Morgan fingerprint density at radius 2 is 2.00 bits per heavy atom. The van der Waals surface area contributed by atoms with E-state index in [1.807, 2.05) is 30.5 Å². The molecule has 1 aromatic rings. The van der Waals surface area contributed by atoms with Crippen molar-refractivity contribution in [2.45, 2.75) is 32.7 Å². The molecule has 2 aliphatic rings. The summed E-state index contributed by atoms with van der Waals surface area (Å²) in [6, 6.07) is 0. The van der Waals surface area contributed by atoms with Crippen molar-refractivity contribution in [2.75, 3.05) is 26.7 Å². The van der Waals surface area contributed by atoms with Crippen LogP contribution in [0.25, 0.3) is 0 Å². The van der Waals surface area contributed by atoms with E-state index in [1.165, 1.54) is 0 Å². The molecule has 6 heteroatoms. The number of hydrogen-bond donors (Lipinski definition) is 0. The molecular weight excluding hydrogens is 254 g/mol. The lowest BCUT2D eigenvalue weighted by Gasteiger charge is -2.37. The molecule has 0 aliphatic carbocycles. The summed E-state index contributed by atoms with van der Waals surface area (Å²) in [4.78, 5) is 16.7. The van der Waals surface area contributed by atoms with Gasteiger partial charge >= 0.3 is 0 Å². The summed E-state index contributed by atoms with van der Waals surface area (Å²) in [6.45, 7) is 5.49. The smallest absolute Gasteiger partial charge is 0.229 e. The van der Waals surface area contributed by atoms with Crippen LogP contribution in [0.5, 0.6) is 0 Å². The normalized spacial score (nSPS) is 27.8. The molecule has 1 amide bonds. The van der Waals surface area contributed by atoms with Crippen molar-refractivity contribution >= 4 is 5.91 Å². The summed E-state index contributed by atoms with van der Waals surface area (Å²) >= 11 is 0. The number of rotatable bonds is 2. The SMILES string of the molecule is Cc1nnc(CN2CCC3(CCCN(C)C3=O)C2)n1C. The Morgan fingerprint density at radius 1 is 1.20 bits per heavy atom. The minimum atomic E-state index is -0.138. The monoisotopic (exact) mass is 277 g/mol. The van der Waals surface area contributed by atoms with Crippen LogP contribution in [0.2, 0.25) is 0 Å². The van der Waals surface area contributed by atoms with E-state index in [0.29, 0.717) is 5.91 Å². The summed E-state index contributed by atoms with van der Waals surface area (Å²) in [5.41, 5.74) is -0.138. The average Bonchev–Trinajstić information content (AvgIpc) is 2.96. The van der Waals surface area contributed by atoms with Gasteiger partial charge in [-0.15, -0.1) is 10.2 Å². The Kier molecular flexibility index (Phi) is 3.28. The Balaban J connectivity index is 1.70. The van der Waals surface area contributed by atoms with Gasteiger partial charge in [-0.2, -0.15) is 0 Å². The molecule has 1 spiro atoms. The number of piperidine rings is 1. The fourth-order valence-corrected chi connectivity index (χ4v) is 3.53. The average molecular weight is 277 g/mol. The highest BCUT2D eigenvalue weighted by Gasteiger charge is 2.47. The van der Waals surface area contributed by atoms with Gasteiger partial charge in [0, 0.05) is 27.2 Å². The van der Waals surface area contributed by atoms with Crippen LogP contribution in [-0.2, 0) is 18.4 Å². The summed E-state index contributed by atoms with van der Waals surface area (Å²) in [7, 11) is 3.92. The van der Waals surface area contributed by atoms with Crippen molar-refractivity contribution in [1.29, 1.82) is 0 Å². The van der Waals surface area contributed by atoms with Crippen molar-refractivity contribution in [3.8, 4) is 0 Å². The first-order valence-corrected chi connectivity index (χ1v) is 7.35. The van der Waals surface area contributed by atoms with Crippen LogP contribution in [0.3, 0.4) is 0 Å². The van der Waals surface area contributed by atoms with Crippen LogP contribution in [0.15, 0.2) is 0 Å². The first-order valence-electron chi connectivity index (χ1n) is 7.35. The maximum absolute atomic E-state index is 12.5. The van der Waals surface area contributed by atoms with Gasteiger partial charge in [-0.25, -0.2) is 0 Å². The molecule has 2 saturated heterocycles. The first kappa shape index (κ1) is 13.5. The number of carbonyl (C=O) groups is 1. The second kappa shape index (κ2) is 4.84. The predicted molar refractivity (Wildman–Crippen MR) is 74.9 cm³/mol. The van der Waals surface area contributed by atoms with Crippen molar-refractivity contribution < 1.29 is 4.79 Å². The molecule has 1 unspecified atom stereocenters. The lowest BCUT2D eigenvalue weighted by Crippen LogP contribution is -2.48. The minimum absolute atomic E-state index is 0.138. The number of likely N-dealkylation sites (tertiary alicyclic amines) is 2. The molecule has 0 N–H and O–H groups in total. The second-order valence-electron chi connectivity index (χ2n) is 6.29. The number of nitrogens with zero attached hydrogens (tertiary/aromatic N) is 5. The molecule has 6 nitrogen and oxygen atoms in total. The molecule has 2 aliphatic heterocycles. The van der Waals surface area contributed by atoms with E-state index in [2.05, 4.69) is 15.1 Å². The fraction of sp³-hybridized carbons (Fsp3) is 0.786. The molecule has 3 rings (SSSR count). The predicted octanol–water partition coefficient (Wildman–Crippen LogP) is 0.568. The number of hydrogen-bond acceptors (Lipinski definition) is 4. The van der Waals surface area contributed by atoms with Crippen LogP contribution < -0.4 is 0 Å². The summed E-state index contributed by atoms with van der Waals surface area (Å²) in [5.74, 6) is 2.25. The van der Waals surface area contributed by atoms with Crippen molar-refractivity contribution in [2.24, 2.45) is 12.5 Å². The minimum Gasteiger partial charge on any atom is -0.345 e. The van der Waals surface area contributed by atoms with Crippen LogP contribution >= 0.6 is 0 Å². The molecule has 1 aromatic heterocycles. The van der Waals surface area contributed by atoms with Crippen LogP contribution in [0.1, 0.15) is 30.9 Å². The molecule has 20 heavy (non-hydrogen) atoms. The number of carbonyl (C=O) groups excluding carboxylic acids is 1. The lowest BCUT2D eigenvalue weighted by molar-refractivity contribution is -0.143. The van der Waals surface area contributed by atoms with E-state index >= 15 is 0 Å². The Hall–Kier alpha value is -1.43. The zero-order valence-electron chi connectivity index (χ0n) is 12.6. The van der Waals surface area contributed by atoms with Gasteiger partial charge in [0.15, 0.2) is 0 Å². The molecule has 0 saturated carbocycles. The van der Waals surface area contributed by atoms with Gasteiger partial charge < -0.3 is 9.47 Å². The van der Waals surface area contributed by atoms with Crippen LogP contribution in [0.4, 0.5) is 0 Å². The standard InChI is InChI=1S/C14H23N5O/c1-11-15-16-12(18(11)3)9-19-8-6-14(10-19)5-4-7-17(2)13(14)20/h4-10H2,1-3H3. The van der Waals surface area contributed by atoms with Gasteiger partial charge in [-0.05, 0) is 32.7 Å². The van der Waals surface area contributed by atoms with Gasteiger partial charge in [0.05, 0.1) is 12.0 Å². The highest BCUT2D eigenvalue weighted by molar-refractivity contribution is 5.83. The highest BCUT2D eigenvalue weighted by atomic mass is 16.2. The Labute approximate surface area is 119 Å². The molecule has 0 aromatic carbocycles. The molecule has 0 radical (unpaired) electrons. The fourth-order valence-electron chi connectivity index (χ4n) is 3.53. The van der Waals surface area contributed by atoms with E-state index in [-0.39, 0.29) is 5.41 Å². The van der Waals surface area contributed by atoms with Gasteiger partial charge in [-0.1, -0.05) is 0 Å². The number of aryl methyl sites for hydroxylation is 1. The quantitative estimate of drug-likeness (QED) is 0.793. The number of aromatic nitrogens is 3. The molecule has 2 fully saturated rings. The van der Waals surface area contributed by atoms with E-state index < -0.39 is 0 Å². The van der Waals surface area contributed by atoms with Gasteiger partial charge in [0.25, 0.3) is 0 Å².